The summed E-state index contributed by atoms with van der Waals surface area (Å²) in [6.45, 7) is 0. The van der Waals surface area contributed by atoms with Crippen LogP contribution in [0.2, 0.25) is 0 Å². The minimum atomic E-state index is -0.568. The molecule has 0 radical (unpaired) electrons. The van der Waals surface area contributed by atoms with Gasteiger partial charge in [0.25, 0.3) is 0 Å². The van der Waals surface area contributed by atoms with E-state index in [1.54, 1.807) is 12.5 Å². The second-order valence-electron chi connectivity index (χ2n) is 0.723. The smallest absolute Gasteiger partial charge is 0.427 e. The minimum absolute atomic E-state index is 0.568. The van der Waals surface area contributed by atoms with Crippen molar-refractivity contribution in [1.82, 2.24) is 0 Å². The van der Waals surface area contributed by atoms with E-state index in [1.165, 1.54) is 0 Å². The van der Waals surface area contributed by atoms with E-state index in [0.717, 1.165) is 0 Å². The second-order valence-corrected chi connectivity index (χ2v) is 1.63. The van der Waals surface area contributed by atoms with E-state index in [0.29, 0.717) is 0 Å². The molecule has 0 aromatic carbocycles. The van der Waals surface area contributed by atoms with Gasteiger partial charge >= 0.3 is 10.0 Å². The Labute approximate surface area is 32.5 Å². The fourth-order valence-corrected chi connectivity index (χ4v) is 0.589. The van der Waals surface area contributed by atoms with Crippen molar-refractivity contribution in [2.24, 2.45) is 0 Å². The maximum Gasteiger partial charge on any atom is 0.427 e. The molecule has 0 fully saturated rings. The molecular weight excluding hydrogens is 84.1 g/mol. The van der Waals surface area contributed by atoms with Crippen molar-refractivity contribution in [1.29, 1.82) is 0 Å². The van der Waals surface area contributed by atoms with Crippen LogP contribution in [0.3, 0.4) is 0 Å². The van der Waals surface area contributed by atoms with Gasteiger partial charge in [-0.15, -0.1) is 0 Å². The maximum absolute atomic E-state index is 4.68. The van der Waals surface area contributed by atoms with Gasteiger partial charge in [-0.05, 0) is 0 Å². The molecule has 1 heterocycles. The molecule has 0 amide bonds. The normalized spacial score (nSPS) is 17.6. The third-order valence-corrected chi connectivity index (χ3v) is 1.04. The largest absolute Gasteiger partial charge is 0.519 e. The first-order valence-electron chi connectivity index (χ1n) is 1.38. The summed E-state index contributed by atoms with van der Waals surface area (Å²) in [6, 6.07) is 0. The van der Waals surface area contributed by atoms with Gasteiger partial charge in [-0.3, -0.25) is 0 Å². The molecule has 0 spiro atoms. The maximum atomic E-state index is 4.68. The Morgan fingerprint density at radius 2 is 1.80 bits per heavy atom. The van der Waals surface area contributed by atoms with Crippen LogP contribution in [0.25, 0.3) is 0 Å². The Morgan fingerprint density at radius 1 is 1.20 bits per heavy atom. The van der Waals surface area contributed by atoms with Crippen LogP contribution >= 0.6 is 0 Å². The molecule has 1 aliphatic heterocycles. The summed E-state index contributed by atoms with van der Waals surface area (Å²) in [5.74, 6) is 0. The zero-order valence-corrected chi connectivity index (χ0v) is 4.09. The highest BCUT2D eigenvalue weighted by molar-refractivity contribution is 6.19. The van der Waals surface area contributed by atoms with Gasteiger partial charge in [0, 0.05) is 0 Å². The van der Waals surface area contributed by atoms with E-state index >= 15 is 0 Å². The van der Waals surface area contributed by atoms with Crippen molar-refractivity contribution >= 4 is 10.0 Å². The van der Waals surface area contributed by atoms with Gasteiger partial charge in [-0.2, -0.15) is 0 Å². The van der Waals surface area contributed by atoms with E-state index < -0.39 is 10.0 Å². The van der Waals surface area contributed by atoms with Crippen molar-refractivity contribution in [2.45, 2.75) is 0 Å². The highest BCUT2D eigenvalue weighted by atomic mass is 28.3. The Morgan fingerprint density at radius 3 is 2.00 bits per heavy atom. The van der Waals surface area contributed by atoms with Crippen LogP contribution in [0.15, 0.2) is 12.5 Å². The van der Waals surface area contributed by atoms with E-state index in [1.807, 2.05) is 0 Å². The molecule has 0 saturated heterocycles. The van der Waals surface area contributed by atoms with Crippen molar-refractivity contribution in [3.8, 4) is 0 Å². The lowest BCUT2D eigenvalue weighted by Gasteiger charge is -1.80. The summed E-state index contributed by atoms with van der Waals surface area (Å²) in [6.07, 6.45) is 3.15. The highest BCUT2D eigenvalue weighted by Gasteiger charge is 1.85. The summed E-state index contributed by atoms with van der Waals surface area (Å²) in [7, 11) is -0.568. The van der Waals surface area contributed by atoms with Gasteiger partial charge in [0.2, 0.25) is 0 Å². The zero-order valence-electron chi connectivity index (χ0n) is 2.68. The average molecular weight is 88.1 g/mol. The van der Waals surface area contributed by atoms with Crippen LogP contribution < -0.4 is 0 Å². The first-order chi connectivity index (χ1) is 2.50. The third kappa shape index (κ3) is 0.415. The van der Waals surface area contributed by atoms with Crippen LogP contribution in [0, 0.1) is 0 Å². The van der Waals surface area contributed by atoms with Gasteiger partial charge in [0.05, 0.1) is 0 Å². The topological polar surface area (TPSA) is 18.5 Å². The number of hydrogen-bond donors (Lipinski definition) is 0. The van der Waals surface area contributed by atoms with Crippen molar-refractivity contribution in [3.05, 3.63) is 12.5 Å². The Kier molecular flexibility index (Phi) is 0.622. The molecule has 0 N–H and O–H groups in total. The predicted molar refractivity (Wildman–Crippen MR) is 19.9 cm³/mol. The fourth-order valence-electron chi connectivity index (χ4n) is 0.196. The van der Waals surface area contributed by atoms with Crippen LogP contribution in [-0.2, 0) is 8.85 Å². The summed E-state index contributed by atoms with van der Waals surface area (Å²) < 4.78 is 9.36. The number of hydrogen-bond acceptors (Lipinski definition) is 2. The summed E-state index contributed by atoms with van der Waals surface area (Å²) >= 11 is 0. The first-order valence-corrected chi connectivity index (χ1v) is 2.54. The van der Waals surface area contributed by atoms with Crippen LogP contribution in [0.4, 0.5) is 0 Å². The van der Waals surface area contributed by atoms with Crippen LogP contribution in [0.5, 0.6) is 0 Å². The first kappa shape index (κ1) is 2.78. The standard InChI is InChI=1S/C2H4O2Si/c1-2-4-5-3-1/h1-2H,5H2. The molecule has 28 valence electrons. The molecule has 1 aliphatic rings. The molecule has 3 heteroatoms. The summed E-state index contributed by atoms with van der Waals surface area (Å²) in [5, 5.41) is 0. The van der Waals surface area contributed by atoms with Gasteiger partial charge < -0.3 is 8.85 Å². The van der Waals surface area contributed by atoms with E-state index in [4.69, 9.17) is 0 Å². The minimum Gasteiger partial charge on any atom is -0.519 e. The molecule has 0 aliphatic carbocycles. The predicted octanol–water partition coefficient (Wildman–Crippen LogP) is -0.497. The highest BCUT2D eigenvalue weighted by Crippen LogP contribution is 1.85. The zero-order chi connectivity index (χ0) is 3.54. The van der Waals surface area contributed by atoms with Gasteiger partial charge in [-0.25, -0.2) is 0 Å². The van der Waals surface area contributed by atoms with Crippen molar-refractivity contribution in [2.75, 3.05) is 0 Å². The molecule has 5 heavy (non-hydrogen) atoms. The van der Waals surface area contributed by atoms with Gasteiger partial charge in [0.1, 0.15) is 12.5 Å². The molecule has 0 aromatic rings. The third-order valence-electron chi connectivity index (χ3n) is 0.384. The molecule has 0 saturated carbocycles. The van der Waals surface area contributed by atoms with Crippen LogP contribution in [-0.4, -0.2) is 10.0 Å². The fraction of sp³-hybridized carbons (Fsp3) is 0. The van der Waals surface area contributed by atoms with Crippen LogP contribution in [0.1, 0.15) is 0 Å². The Balaban J connectivity index is 2.32. The lowest BCUT2D eigenvalue weighted by atomic mass is 11.1. The summed E-state index contributed by atoms with van der Waals surface area (Å²) in [4.78, 5) is 0. The van der Waals surface area contributed by atoms with Gasteiger partial charge in [0.15, 0.2) is 0 Å². The quantitative estimate of drug-likeness (QED) is 0.372. The lowest BCUT2D eigenvalue weighted by molar-refractivity contribution is 0.444. The molecular formula is C2H4O2Si. The molecule has 1 rings (SSSR count). The monoisotopic (exact) mass is 88.0 g/mol. The van der Waals surface area contributed by atoms with E-state index in [2.05, 4.69) is 8.85 Å². The Bertz CT molecular complexity index is 45.6. The molecule has 2 nitrogen and oxygen atoms in total. The van der Waals surface area contributed by atoms with Crippen molar-refractivity contribution in [3.63, 3.8) is 0 Å². The average Bonchev–Trinajstić information content (AvgIpc) is 1.76. The SMILES string of the molecule is C1=CO[SiH2]O1. The lowest BCUT2D eigenvalue weighted by Crippen LogP contribution is -1.82. The summed E-state index contributed by atoms with van der Waals surface area (Å²) in [5.41, 5.74) is 0. The Hall–Kier alpha value is -0.443. The second kappa shape index (κ2) is 1.12. The van der Waals surface area contributed by atoms with Gasteiger partial charge in [-0.1, -0.05) is 0 Å². The number of rotatable bonds is 0. The molecule has 0 atom stereocenters. The van der Waals surface area contributed by atoms with Crippen molar-refractivity contribution < 1.29 is 8.85 Å². The van der Waals surface area contributed by atoms with E-state index in [9.17, 15) is 0 Å². The van der Waals surface area contributed by atoms with E-state index in [-0.39, 0.29) is 0 Å². The molecule has 0 bridgehead atoms. The molecule has 0 aromatic heterocycles. The molecule has 0 unspecified atom stereocenters.